The van der Waals surface area contributed by atoms with Crippen LogP contribution in [-0.2, 0) is 19.4 Å². The number of carbonyl (C=O) groups is 1. The molecule has 0 amide bonds. The standard InChI is InChI=1S/C26H31N5O5S2.2ClH/c1-15(2)23(27)25(32)36-9-8-35-20-12-18-17(11-22(20)38(33,34)26(3,4)5)24(29-13-28-18)31-16-6-7-21-19(10-16)30-14-37-21;;/h6-7,10-15,23H,8-9,27H2,1-5H3,(H,28,29,31);2*1H/t23-;;/m1../s1. The first-order valence-electron chi connectivity index (χ1n) is 12.1. The number of ether oxygens (including phenoxy) is 2. The number of nitrogens with zero attached hydrogens (tertiary/aromatic N) is 3. The van der Waals surface area contributed by atoms with Crippen molar-refractivity contribution in [3.05, 3.63) is 42.2 Å². The van der Waals surface area contributed by atoms with E-state index in [1.165, 1.54) is 12.4 Å². The molecule has 218 valence electrons. The van der Waals surface area contributed by atoms with Gasteiger partial charge in [0.25, 0.3) is 0 Å². The second-order valence-corrected chi connectivity index (χ2v) is 13.7. The van der Waals surface area contributed by atoms with Gasteiger partial charge in [-0.1, -0.05) is 13.8 Å². The molecule has 4 aromatic rings. The molecule has 40 heavy (non-hydrogen) atoms. The lowest BCUT2D eigenvalue weighted by atomic mass is 10.1. The molecule has 2 aromatic heterocycles. The van der Waals surface area contributed by atoms with Crippen LogP contribution in [0.15, 0.2) is 47.1 Å². The molecule has 0 aliphatic carbocycles. The lowest BCUT2D eigenvalue weighted by Gasteiger charge is -2.22. The fraction of sp³-hybridized carbons (Fsp3) is 0.385. The third-order valence-corrected chi connectivity index (χ3v) is 9.29. The molecule has 0 radical (unpaired) electrons. The van der Waals surface area contributed by atoms with Crippen molar-refractivity contribution in [3.63, 3.8) is 0 Å². The Hall–Kier alpha value is -2.77. The lowest BCUT2D eigenvalue weighted by molar-refractivity contribution is -0.147. The van der Waals surface area contributed by atoms with Gasteiger partial charge < -0.3 is 20.5 Å². The van der Waals surface area contributed by atoms with Crippen molar-refractivity contribution < 1.29 is 22.7 Å². The average molecular weight is 631 g/mol. The number of carbonyl (C=O) groups excluding carboxylic acids is 1. The molecule has 0 spiro atoms. The Kier molecular flexibility index (Phi) is 11.1. The molecule has 0 unspecified atom stereocenters. The summed E-state index contributed by atoms with van der Waals surface area (Å²) in [6, 6.07) is 8.11. The zero-order chi connectivity index (χ0) is 27.7. The molecule has 2 heterocycles. The minimum atomic E-state index is -3.83. The Labute approximate surface area is 249 Å². The van der Waals surface area contributed by atoms with Gasteiger partial charge in [0.15, 0.2) is 9.84 Å². The number of esters is 1. The van der Waals surface area contributed by atoms with Crippen molar-refractivity contribution in [1.29, 1.82) is 0 Å². The first kappa shape index (κ1) is 33.4. The van der Waals surface area contributed by atoms with Crippen molar-refractivity contribution in [2.75, 3.05) is 18.5 Å². The Bertz CT molecular complexity index is 1590. The second kappa shape index (κ2) is 13.3. The maximum Gasteiger partial charge on any atom is 0.323 e. The molecule has 0 fully saturated rings. The highest BCUT2D eigenvalue weighted by Gasteiger charge is 2.34. The van der Waals surface area contributed by atoms with Crippen LogP contribution in [-0.4, -0.2) is 53.3 Å². The number of hydrogen-bond acceptors (Lipinski definition) is 11. The molecule has 0 bridgehead atoms. The van der Waals surface area contributed by atoms with Crippen LogP contribution in [0.4, 0.5) is 11.5 Å². The normalized spacial score (nSPS) is 12.5. The first-order valence-corrected chi connectivity index (χ1v) is 14.4. The van der Waals surface area contributed by atoms with Gasteiger partial charge >= 0.3 is 5.97 Å². The maximum atomic E-state index is 13.6. The summed E-state index contributed by atoms with van der Waals surface area (Å²) in [7, 11) is -3.83. The number of rotatable bonds is 9. The van der Waals surface area contributed by atoms with E-state index in [0.717, 1.165) is 15.9 Å². The smallest absolute Gasteiger partial charge is 0.323 e. The van der Waals surface area contributed by atoms with E-state index in [2.05, 4.69) is 20.3 Å². The lowest BCUT2D eigenvalue weighted by Crippen LogP contribution is -2.37. The van der Waals surface area contributed by atoms with Gasteiger partial charge in [0, 0.05) is 17.1 Å². The fourth-order valence-electron chi connectivity index (χ4n) is 3.55. The number of anilines is 2. The Balaban J connectivity index is 0.00000280. The van der Waals surface area contributed by atoms with Crippen LogP contribution >= 0.6 is 36.2 Å². The number of nitrogens with one attached hydrogen (secondary N) is 1. The van der Waals surface area contributed by atoms with Gasteiger partial charge in [-0.3, -0.25) is 4.79 Å². The topological polar surface area (TPSA) is 146 Å². The molecule has 2 aromatic carbocycles. The second-order valence-electron chi connectivity index (χ2n) is 10.1. The maximum absolute atomic E-state index is 13.6. The van der Waals surface area contributed by atoms with Crippen LogP contribution in [0.5, 0.6) is 5.75 Å². The summed E-state index contributed by atoms with van der Waals surface area (Å²) < 4.78 is 38.1. The highest BCUT2D eigenvalue weighted by Crippen LogP contribution is 2.37. The molecule has 0 saturated carbocycles. The number of fused-ring (bicyclic) bond motifs is 2. The summed E-state index contributed by atoms with van der Waals surface area (Å²) in [5, 5.41) is 3.77. The molecule has 0 saturated heterocycles. The van der Waals surface area contributed by atoms with E-state index in [-0.39, 0.29) is 54.6 Å². The first-order chi connectivity index (χ1) is 17.9. The monoisotopic (exact) mass is 629 g/mol. The highest BCUT2D eigenvalue weighted by molar-refractivity contribution is 7.92. The molecule has 1 atom stereocenters. The molecule has 0 aliphatic rings. The van der Waals surface area contributed by atoms with Gasteiger partial charge in [-0.05, 0) is 51.0 Å². The van der Waals surface area contributed by atoms with Gasteiger partial charge in [-0.15, -0.1) is 36.2 Å². The Morgan fingerprint density at radius 1 is 1.05 bits per heavy atom. The van der Waals surface area contributed by atoms with Crippen LogP contribution in [0.25, 0.3) is 21.1 Å². The van der Waals surface area contributed by atoms with Gasteiger partial charge in [0.2, 0.25) is 0 Å². The number of halogens is 2. The molecule has 3 N–H and O–H groups in total. The summed E-state index contributed by atoms with van der Waals surface area (Å²) in [6.45, 7) is 8.37. The van der Waals surface area contributed by atoms with Crippen LogP contribution < -0.4 is 15.8 Å². The third-order valence-electron chi connectivity index (χ3n) is 5.97. The van der Waals surface area contributed by atoms with Crippen molar-refractivity contribution >= 4 is 84.6 Å². The van der Waals surface area contributed by atoms with Crippen LogP contribution in [0.2, 0.25) is 0 Å². The van der Waals surface area contributed by atoms with Crippen molar-refractivity contribution in [1.82, 2.24) is 15.0 Å². The molecule has 14 heteroatoms. The quantitative estimate of drug-likeness (QED) is 0.184. The van der Waals surface area contributed by atoms with E-state index in [0.29, 0.717) is 16.7 Å². The zero-order valence-corrected chi connectivity index (χ0v) is 26.0. The molecule has 10 nitrogen and oxygen atoms in total. The predicted octanol–water partition coefficient (Wildman–Crippen LogP) is 5.30. The van der Waals surface area contributed by atoms with Crippen LogP contribution in [0.3, 0.4) is 0 Å². The fourth-order valence-corrected chi connectivity index (χ4v) is 5.53. The number of hydrogen-bond donors (Lipinski definition) is 2. The van der Waals surface area contributed by atoms with Crippen LogP contribution in [0, 0.1) is 5.92 Å². The zero-order valence-electron chi connectivity index (χ0n) is 22.7. The molecular formula is C26H33Cl2N5O5S2. The van der Waals surface area contributed by atoms with E-state index < -0.39 is 26.6 Å². The van der Waals surface area contributed by atoms with E-state index >= 15 is 0 Å². The summed E-state index contributed by atoms with van der Waals surface area (Å²) >= 11 is 1.55. The summed E-state index contributed by atoms with van der Waals surface area (Å²) in [4.78, 5) is 25.1. The average Bonchev–Trinajstić information content (AvgIpc) is 3.33. The molecule has 0 aliphatic heterocycles. The van der Waals surface area contributed by atoms with E-state index in [4.69, 9.17) is 15.2 Å². The van der Waals surface area contributed by atoms with Crippen molar-refractivity contribution in [3.8, 4) is 5.75 Å². The van der Waals surface area contributed by atoms with Gasteiger partial charge in [0.1, 0.15) is 42.0 Å². The highest BCUT2D eigenvalue weighted by atomic mass is 35.5. The minimum Gasteiger partial charge on any atom is -0.489 e. The number of aromatic nitrogens is 3. The van der Waals surface area contributed by atoms with Gasteiger partial charge in [-0.25, -0.2) is 23.4 Å². The number of nitrogens with two attached hydrogens (primary N) is 1. The Morgan fingerprint density at radius 2 is 1.77 bits per heavy atom. The minimum absolute atomic E-state index is 0. The van der Waals surface area contributed by atoms with Crippen molar-refractivity contribution in [2.45, 2.75) is 50.3 Å². The van der Waals surface area contributed by atoms with E-state index in [9.17, 15) is 13.2 Å². The number of sulfone groups is 1. The van der Waals surface area contributed by atoms with Crippen molar-refractivity contribution in [2.24, 2.45) is 11.7 Å². The molecular weight excluding hydrogens is 597 g/mol. The van der Waals surface area contributed by atoms with Crippen LogP contribution in [0.1, 0.15) is 34.6 Å². The third kappa shape index (κ3) is 7.10. The predicted molar refractivity (Wildman–Crippen MR) is 163 cm³/mol. The van der Waals surface area contributed by atoms with Gasteiger partial charge in [0.05, 0.1) is 26.0 Å². The summed E-state index contributed by atoms with van der Waals surface area (Å²) in [5.41, 5.74) is 9.68. The largest absolute Gasteiger partial charge is 0.489 e. The van der Waals surface area contributed by atoms with E-state index in [1.807, 2.05) is 32.0 Å². The van der Waals surface area contributed by atoms with E-state index in [1.54, 1.807) is 43.7 Å². The number of thiazole rings is 1. The SMILES string of the molecule is CC(C)[C@@H](N)C(=O)OCCOc1cc2ncnc(Nc3ccc4scnc4c3)c2cc1S(=O)(=O)C(C)(C)C.Cl.Cl. The number of benzene rings is 2. The molecule has 4 rings (SSSR count). The Morgan fingerprint density at radius 3 is 2.45 bits per heavy atom. The summed E-state index contributed by atoms with van der Waals surface area (Å²) in [6.07, 6.45) is 1.39. The summed E-state index contributed by atoms with van der Waals surface area (Å²) in [5.74, 6) is -0.0504. The van der Waals surface area contributed by atoms with Gasteiger partial charge in [-0.2, -0.15) is 0 Å².